The second kappa shape index (κ2) is 7.99. The van der Waals surface area contributed by atoms with Crippen molar-refractivity contribution in [2.75, 3.05) is 13.2 Å². The summed E-state index contributed by atoms with van der Waals surface area (Å²) in [5.41, 5.74) is 0. The SMILES string of the molecule is CC(=O)O[C@H]1[C@@H](O)[C@H](O)O[C@H](CO)[C@H]1O[C@@H]1OC[C@@H](O)[C@H](O)[C@H]1O. The fourth-order valence-corrected chi connectivity index (χ4v) is 2.60. The summed E-state index contributed by atoms with van der Waals surface area (Å²) in [7, 11) is 0. The quantitative estimate of drug-likeness (QED) is 0.270. The van der Waals surface area contributed by atoms with Crippen molar-refractivity contribution in [3.63, 3.8) is 0 Å². The van der Waals surface area contributed by atoms with Crippen molar-refractivity contribution in [3.05, 3.63) is 0 Å². The summed E-state index contributed by atoms with van der Waals surface area (Å²) < 4.78 is 20.4. The number of carbonyl (C=O) groups is 1. The molecule has 0 aromatic heterocycles. The molecule has 0 spiro atoms. The van der Waals surface area contributed by atoms with Gasteiger partial charge in [-0.2, -0.15) is 0 Å². The summed E-state index contributed by atoms with van der Waals surface area (Å²) >= 11 is 0. The summed E-state index contributed by atoms with van der Waals surface area (Å²) in [6.45, 7) is 0.0928. The molecule has 0 saturated carbocycles. The first-order valence-electron chi connectivity index (χ1n) is 7.37. The van der Waals surface area contributed by atoms with E-state index in [0.29, 0.717) is 0 Å². The Labute approximate surface area is 136 Å². The van der Waals surface area contributed by atoms with Crippen molar-refractivity contribution in [2.45, 2.75) is 62.2 Å². The molecule has 0 bridgehead atoms. The highest BCUT2D eigenvalue weighted by Gasteiger charge is 2.50. The maximum absolute atomic E-state index is 11.2. The summed E-state index contributed by atoms with van der Waals surface area (Å²) in [6, 6.07) is 0. The lowest BCUT2D eigenvalue weighted by molar-refractivity contribution is -0.343. The number of rotatable bonds is 4. The first-order valence-corrected chi connectivity index (χ1v) is 7.37. The fraction of sp³-hybridized carbons (Fsp3) is 0.923. The number of hydrogen-bond acceptors (Lipinski definition) is 11. The Morgan fingerprint density at radius 2 is 1.75 bits per heavy atom. The van der Waals surface area contributed by atoms with Crippen molar-refractivity contribution in [1.29, 1.82) is 0 Å². The predicted octanol–water partition coefficient (Wildman–Crippen LogP) is -4.19. The highest BCUT2D eigenvalue weighted by molar-refractivity contribution is 5.66. The molecule has 11 heteroatoms. The van der Waals surface area contributed by atoms with Crippen LogP contribution in [0.2, 0.25) is 0 Å². The molecule has 0 amide bonds. The molecule has 2 fully saturated rings. The van der Waals surface area contributed by atoms with E-state index in [1.807, 2.05) is 0 Å². The molecule has 0 aromatic rings. The third-order valence-corrected chi connectivity index (χ3v) is 3.86. The van der Waals surface area contributed by atoms with Crippen molar-refractivity contribution < 1.29 is 54.4 Å². The molecule has 0 aliphatic carbocycles. The molecule has 11 nitrogen and oxygen atoms in total. The van der Waals surface area contributed by atoms with Crippen LogP contribution in [0.3, 0.4) is 0 Å². The van der Waals surface area contributed by atoms with Gasteiger partial charge in [-0.25, -0.2) is 0 Å². The summed E-state index contributed by atoms with van der Waals surface area (Å²) in [5.74, 6) is -0.779. The molecule has 6 N–H and O–H groups in total. The van der Waals surface area contributed by atoms with Crippen molar-refractivity contribution in [1.82, 2.24) is 0 Å². The Balaban J connectivity index is 2.17. The van der Waals surface area contributed by atoms with E-state index < -0.39 is 67.9 Å². The zero-order valence-corrected chi connectivity index (χ0v) is 12.8. The molecule has 2 aliphatic rings. The van der Waals surface area contributed by atoms with Crippen LogP contribution in [0.15, 0.2) is 0 Å². The van der Waals surface area contributed by atoms with E-state index in [1.54, 1.807) is 0 Å². The monoisotopic (exact) mass is 354 g/mol. The molecule has 24 heavy (non-hydrogen) atoms. The van der Waals surface area contributed by atoms with E-state index in [-0.39, 0.29) is 6.61 Å². The lowest BCUT2D eigenvalue weighted by atomic mass is 9.98. The largest absolute Gasteiger partial charge is 0.457 e. The average molecular weight is 354 g/mol. The minimum Gasteiger partial charge on any atom is -0.457 e. The molecular formula is C13H22O11. The molecule has 2 heterocycles. The van der Waals surface area contributed by atoms with E-state index in [4.69, 9.17) is 18.9 Å². The zero-order valence-electron chi connectivity index (χ0n) is 12.8. The lowest BCUT2D eigenvalue weighted by Crippen LogP contribution is -2.63. The number of aliphatic hydroxyl groups excluding tert-OH is 6. The fourth-order valence-electron chi connectivity index (χ4n) is 2.60. The Morgan fingerprint density at radius 3 is 2.33 bits per heavy atom. The molecule has 2 saturated heterocycles. The Bertz CT molecular complexity index is 432. The highest BCUT2D eigenvalue weighted by atomic mass is 16.7. The Morgan fingerprint density at radius 1 is 1.08 bits per heavy atom. The van der Waals surface area contributed by atoms with Crippen LogP contribution in [-0.4, -0.2) is 105 Å². The van der Waals surface area contributed by atoms with Gasteiger partial charge in [-0.1, -0.05) is 0 Å². The first-order chi connectivity index (χ1) is 11.3. The second-order valence-corrected chi connectivity index (χ2v) is 5.66. The summed E-state index contributed by atoms with van der Waals surface area (Å²) in [5, 5.41) is 57.9. The van der Waals surface area contributed by atoms with E-state index >= 15 is 0 Å². The topological polar surface area (TPSA) is 175 Å². The smallest absolute Gasteiger partial charge is 0.303 e. The average Bonchev–Trinajstić information content (AvgIpc) is 2.53. The van der Waals surface area contributed by atoms with Crippen LogP contribution in [-0.2, 0) is 23.7 Å². The third-order valence-electron chi connectivity index (χ3n) is 3.86. The normalized spacial score (nSPS) is 46.5. The Kier molecular flexibility index (Phi) is 6.47. The minimum absolute atomic E-state index is 0.330. The van der Waals surface area contributed by atoms with Crippen LogP contribution in [0, 0.1) is 0 Å². The van der Waals surface area contributed by atoms with Crippen molar-refractivity contribution >= 4 is 5.97 Å². The van der Waals surface area contributed by atoms with E-state index in [2.05, 4.69) is 0 Å². The van der Waals surface area contributed by atoms with Gasteiger partial charge >= 0.3 is 5.97 Å². The van der Waals surface area contributed by atoms with Crippen LogP contribution in [0.5, 0.6) is 0 Å². The third kappa shape index (κ3) is 4.02. The van der Waals surface area contributed by atoms with Gasteiger partial charge in [0.15, 0.2) is 18.7 Å². The van der Waals surface area contributed by atoms with Gasteiger partial charge in [0.1, 0.15) is 36.6 Å². The summed E-state index contributed by atoms with van der Waals surface area (Å²) in [4.78, 5) is 11.2. The molecule has 0 radical (unpaired) electrons. The van der Waals surface area contributed by atoms with E-state index in [9.17, 15) is 35.4 Å². The van der Waals surface area contributed by atoms with Gasteiger partial charge in [-0.05, 0) is 0 Å². The van der Waals surface area contributed by atoms with Crippen molar-refractivity contribution in [2.24, 2.45) is 0 Å². The van der Waals surface area contributed by atoms with Gasteiger partial charge in [-0.15, -0.1) is 0 Å². The molecule has 0 aromatic carbocycles. The van der Waals surface area contributed by atoms with Crippen LogP contribution in [0.4, 0.5) is 0 Å². The van der Waals surface area contributed by atoms with Gasteiger partial charge in [0.25, 0.3) is 0 Å². The van der Waals surface area contributed by atoms with Crippen LogP contribution < -0.4 is 0 Å². The zero-order chi connectivity index (χ0) is 18.0. The Hall–Kier alpha value is -0.890. The van der Waals surface area contributed by atoms with E-state index in [0.717, 1.165) is 6.92 Å². The first kappa shape index (κ1) is 19.4. The number of aliphatic hydroxyl groups is 6. The molecule has 0 unspecified atom stereocenters. The van der Waals surface area contributed by atoms with Gasteiger partial charge < -0.3 is 49.6 Å². The van der Waals surface area contributed by atoms with Gasteiger partial charge in [0.05, 0.1) is 13.2 Å². The highest BCUT2D eigenvalue weighted by Crippen LogP contribution is 2.28. The van der Waals surface area contributed by atoms with Crippen molar-refractivity contribution in [3.8, 4) is 0 Å². The number of carbonyl (C=O) groups excluding carboxylic acids is 1. The second-order valence-electron chi connectivity index (χ2n) is 5.66. The van der Waals surface area contributed by atoms with Crippen LogP contribution >= 0.6 is 0 Å². The van der Waals surface area contributed by atoms with Gasteiger partial charge in [0, 0.05) is 6.92 Å². The maximum atomic E-state index is 11.2. The molecule has 9 atom stereocenters. The predicted molar refractivity (Wildman–Crippen MR) is 72.2 cm³/mol. The van der Waals surface area contributed by atoms with Gasteiger partial charge in [-0.3, -0.25) is 4.79 Å². The van der Waals surface area contributed by atoms with Gasteiger partial charge in [0.2, 0.25) is 0 Å². The number of esters is 1. The minimum atomic E-state index is -1.73. The van der Waals surface area contributed by atoms with E-state index in [1.165, 1.54) is 0 Å². The molecule has 140 valence electrons. The summed E-state index contributed by atoms with van der Waals surface area (Å²) in [6.07, 6.45) is -13.2. The van der Waals surface area contributed by atoms with Crippen LogP contribution in [0.1, 0.15) is 6.92 Å². The van der Waals surface area contributed by atoms with Crippen LogP contribution in [0.25, 0.3) is 0 Å². The number of ether oxygens (including phenoxy) is 4. The molecule has 2 rings (SSSR count). The molecular weight excluding hydrogens is 332 g/mol. The number of hydrogen-bond donors (Lipinski definition) is 6. The standard InChI is InChI=1S/C13H22O11/c1-4(15)22-11-9(19)12(20)23-6(2-14)10(11)24-13-8(18)7(17)5(16)3-21-13/h5-14,16-20H,2-3H2,1H3/t5-,6-,7+,8-,9-,10-,11+,12-,13+/m1/s1. The maximum Gasteiger partial charge on any atom is 0.303 e. The molecule has 2 aliphatic heterocycles. The lowest BCUT2D eigenvalue weighted by Gasteiger charge is -2.44.